The summed E-state index contributed by atoms with van der Waals surface area (Å²) in [5.74, 6) is -0.970. The van der Waals surface area contributed by atoms with E-state index in [1.165, 1.54) is 6.42 Å². The van der Waals surface area contributed by atoms with Gasteiger partial charge in [-0.2, -0.15) is 11.8 Å². The largest absolute Gasteiger partial charge is 0.480 e. The first-order valence-electron chi connectivity index (χ1n) is 7.34. The molecule has 5 nitrogen and oxygen atoms in total. The topological polar surface area (TPSA) is 78.4 Å². The third kappa shape index (κ3) is 4.04. The lowest BCUT2D eigenvalue weighted by molar-refractivity contribution is -0.144. The smallest absolute Gasteiger partial charge is 0.329 e. The van der Waals surface area contributed by atoms with E-state index >= 15 is 0 Å². The summed E-state index contributed by atoms with van der Waals surface area (Å²) in [6.45, 7) is 3.56. The summed E-state index contributed by atoms with van der Waals surface area (Å²) in [7, 11) is 0. The number of hydrogen-bond donors (Lipinski definition) is 3. The summed E-state index contributed by atoms with van der Waals surface area (Å²) in [4.78, 5) is 23.5. The van der Waals surface area contributed by atoms with Crippen molar-refractivity contribution in [2.24, 2.45) is 0 Å². The quantitative estimate of drug-likeness (QED) is 0.704. The summed E-state index contributed by atoms with van der Waals surface area (Å²) in [6, 6.07) is -0.221. The summed E-state index contributed by atoms with van der Waals surface area (Å²) in [6.07, 6.45) is 7.21. The number of aliphatic carboxylic acids is 1. The molecule has 0 saturated heterocycles. The van der Waals surface area contributed by atoms with Crippen molar-refractivity contribution in [3.8, 4) is 0 Å². The number of nitrogens with one attached hydrogen (secondary N) is 2. The van der Waals surface area contributed by atoms with Gasteiger partial charge in [-0.05, 0) is 31.9 Å². The Morgan fingerprint density at radius 3 is 2.35 bits per heavy atom. The Kier molecular flexibility index (Phi) is 6.65. The first kappa shape index (κ1) is 17.1. The lowest BCUT2D eigenvalue weighted by Crippen LogP contribution is -2.59. The molecule has 0 radical (unpaired) electrons. The van der Waals surface area contributed by atoms with E-state index in [0.29, 0.717) is 18.1 Å². The van der Waals surface area contributed by atoms with Gasteiger partial charge in [-0.1, -0.05) is 26.7 Å². The van der Waals surface area contributed by atoms with Crippen LogP contribution in [0.4, 0.5) is 4.79 Å². The number of rotatable bonds is 6. The number of carboxylic acid groups (broad SMARTS) is 1. The van der Waals surface area contributed by atoms with Gasteiger partial charge in [0.15, 0.2) is 0 Å². The van der Waals surface area contributed by atoms with Crippen LogP contribution in [-0.4, -0.2) is 40.2 Å². The van der Waals surface area contributed by atoms with Crippen molar-refractivity contribution >= 4 is 23.8 Å². The number of thioether (sulfide) groups is 1. The molecule has 1 rings (SSSR count). The standard InChI is InChI=1S/C14H26N2O3S/c1-4-14(5-2,12(17)18)16-13(19)15-10-8-6-7-9-11(10)20-3/h10-11H,4-9H2,1-3H3,(H,17,18)(H2,15,16,19). The molecule has 0 aromatic heterocycles. The van der Waals surface area contributed by atoms with Gasteiger partial charge in [-0.25, -0.2) is 9.59 Å². The van der Waals surface area contributed by atoms with Crippen molar-refractivity contribution in [3.63, 3.8) is 0 Å². The predicted octanol–water partition coefficient (Wildman–Crippen LogP) is 2.60. The highest BCUT2D eigenvalue weighted by Gasteiger charge is 2.37. The maximum absolute atomic E-state index is 12.1. The van der Waals surface area contributed by atoms with Gasteiger partial charge in [0.1, 0.15) is 5.54 Å². The molecule has 116 valence electrons. The van der Waals surface area contributed by atoms with Gasteiger partial charge in [-0.15, -0.1) is 0 Å². The summed E-state index contributed by atoms with van der Waals surface area (Å²) in [5, 5.41) is 15.4. The molecule has 1 saturated carbocycles. The van der Waals surface area contributed by atoms with Gasteiger partial charge in [0, 0.05) is 11.3 Å². The normalized spacial score (nSPS) is 23.1. The molecule has 1 aliphatic rings. The molecular formula is C14H26N2O3S. The van der Waals surface area contributed by atoms with Crippen molar-refractivity contribution in [2.75, 3.05) is 6.26 Å². The van der Waals surface area contributed by atoms with Crippen LogP contribution in [0.25, 0.3) is 0 Å². The molecule has 1 fully saturated rings. The lowest BCUT2D eigenvalue weighted by atomic mass is 9.93. The Labute approximate surface area is 125 Å². The molecule has 0 aromatic rings. The highest BCUT2D eigenvalue weighted by Crippen LogP contribution is 2.27. The maximum atomic E-state index is 12.1. The number of carboxylic acids is 1. The minimum absolute atomic E-state index is 0.138. The molecule has 1 aliphatic carbocycles. The zero-order chi connectivity index (χ0) is 15.2. The van der Waals surface area contributed by atoms with Crippen LogP contribution in [-0.2, 0) is 4.79 Å². The fourth-order valence-corrected chi connectivity index (χ4v) is 3.68. The SMILES string of the molecule is CCC(CC)(NC(=O)NC1CCCCC1SC)C(=O)O. The Balaban J connectivity index is 2.63. The Hall–Kier alpha value is -0.910. The molecule has 2 unspecified atom stereocenters. The second-order valence-corrected chi connectivity index (χ2v) is 6.43. The van der Waals surface area contributed by atoms with Crippen LogP contribution in [0.3, 0.4) is 0 Å². The third-order valence-corrected chi connectivity index (χ3v) is 5.46. The van der Waals surface area contributed by atoms with Crippen LogP contribution in [0.2, 0.25) is 0 Å². The van der Waals surface area contributed by atoms with Gasteiger partial charge in [0.2, 0.25) is 0 Å². The second kappa shape index (κ2) is 7.76. The molecule has 2 amide bonds. The zero-order valence-corrected chi connectivity index (χ0v) is 13.4. The van der Waals surface area contributed by atoms with E-state index in [9.17, 15) is 14.7 Å². The number of carbonyl (C=O) groups excluding carboxylic acids is 1. The van der Waals surface area contributed by atoms with Crippen LogP contribution < -0.4 is 10.6 Å². The van der Waals surface area contributed by atoms with E-state index in [1.54, 1.807) is 25.6 Å². The predicted molar refractivity (Wildman–Crippen MR) is 82.2 cm³/mol. The Bertz CT molecular complexity index is 345. The van der Waals surface area contributed by atoms with Crippen molar-refractivity contribution < 1.29 is 14.7 Å². The van der Waals surface area contributed by atoms with Crippen molar-refractivity contribution in [2.45, 2.75) is 69.2 Å². The van der Waals surface area contributed by atoms with E-state index in [-0.39, 0.29) is 12.1 Å². The van der Waals surface area contributed by atoms with Crippen LogP contribution in [0.5, 0.6) is 0 Å². The number of amides is 2. The summed E-state index contributed by atoms with van der Waals surface area (Å²) >= 11 is 1.77. The fraction of sp³-hybridized carbons (Fsp3) is 0.857. The minimum atomic E-state index is -1.16. The van der Waals surface area contributed by atoms with Crippen molar-refractivity contribution in [1.82, 2.24) is 10.6 Å². The molecule has 3 N–H and O–H groups in total. The summed E-state index contributed by atoms with van der Waals surface area (Å²) in [5.41, 5.74) is -1.16. The highest BCUT2D eigenvalue weighted by molar-refractivity contribution is 7.99. The first-order chi connectivity index (χ1) is 9.49. The van der Waals surface area contributed by atoms with Gasteiger partial charge < -0.3 is 15.7 Å². The third-order valence-electron chi connectivity index (χ3n) is 4.29. The average molecular weight is 302 g/mol. The molecule has 0 heterocycles. The van der Waals surface area contributed by atoms with Gasteiger partial charge in [-0.3, -0.25) is 0 Å². The first-order valence-corrected chi connectivity index (χ1v) is 8.62. The molecule has 0 spiro atoms. The van der Waals surface area contributed by atoms with Crippen LogP contribution in [0.15, 0.2) is 0 Å². The molecule has 0 bridgehead atoms. The van der Waals surface area contributed by atoms with Crippen LogP contribution >= 0.6 is 11.8 Å². The van der Waals surface area contributed by atoms with Crippen molar-refractivity contribution in [3.05, 3.63) is 0 Å². The number of carbonyl (C=O) groups is 2. The highest BCUT2D eigenvalue weighted by atomic mass is 32.2. The lowest BCUT2D eigenvalue weighted by Gasteiger charge is -2.33. The Morgan fingerprint density at radius 1 is 1.25 bits per heavy atom. The molecule has 2 atom stereocenters. The molecule has 6 heteroatoms. The van der Waals surface area contributed by atoms with Crippen molar-refractivity contribution in [1.29, 1.82) is 0 Å². The molecular weight excluding hydrogens is 276 g/mol. The number of hydrogen-bond acceptors (Lipinski definition) is 3. The monoisotopic (exact) mass is 302 g/mol. The van der Waals surface area contributed by atoms with Crippen LogP contribution in [0, 0.1) is 0 Å². The van der Waals surface area contributed by atoms with Gasteiger partial charge in [0.25, 0.3) is 0 Å². The average Bonchev–Trinajstić information content (AvgIpc) is 2.45. The molecule has 0 aromatic carbocycles. The van der Waals surface area contributed by atoms with Gasteiger partial charge >= 0.3 is 12.0 Å². The minimum Gasteiger partial charge on any atom is -0.480 e. The van der Waals surface area contributed by atoms with E-state index in [4.69, 9.17) is 0 Å². The Morgan fingerprint density at radius 2 is 1.85 bits per heavy atom. The maximum Gasteiger partial charge on any atom is 0.329 e. The molecule has 20 heavy (non-hydrogen) atoms. The van der Waals surface area contributed by atoms with E-state index in [2.05, 4.69) is 16.9 Å². The van der Waals surface area contributed by atoms with E-state index in [0.717, 1.165) is 19.3 Å². The fourth-order valence-electron chi connectivity index (χ4n) is 2.75. The second-order valence-electron chi connectivity index (χ2n) is 5.36. The summed E-state index contributed by atoms with van der Waals surface area (Å²) < 4.78 is 0. The van der Waals surface area contributed by atoms with Crippen LogP contribution in [0.1, 0.15) is 52.4 Å². The molecule has 0 aliphatic heterocycles. The van der Waals surface area contributed by atoms with E-state index in [1.807, 2.05) is 0 Å². The zero-order valence-electron chi connectivity index (χ0n) is 12.6. The van der Waals surface area contributed by atoms with E-state index < -0.39 is 11.5 Å². The van der Waals surface area contributed by atoms with Gasteiger partial charge in [0.05, 0.1) is 0 Å². The number of urea groups is 1.